The lowest BCUT2D eigenvalue weighted by Crippen LogP contribution is -2.41. The first-order chi connectivity index (χ1) is 15.6. The number of carbonyl (C=O) groups is 1. The van der Waals surface area contributed by atoms with Gasteiger partial charge in [-0.2, -0.15) is 4.31 Å². The number of morpholine rings is 1. The van der Waals surface area contributed by atoms with E-state index in [-0.39, 0.29) is 29.5 Å². The Hall–Kier alpha value is -3.00. The summed E-state index contributed by atoms with van der Waals surface area (Å²) < 4.78 is 33.0. The summed E-state index contributed by atoms with van der Waals surface area (Å²) in [6, 6.07) is 26.3. The van der Waals surface area contributed by atoms with Crippen LogP contribution >= 0.6 is 0 Å². The fraction of sp³-hybridized carbons (Fsp3) is 0.240. The minimum atomic E-state index is -3.79. The lowest BCUT2D eigenvalue weighted by atomic mass is 9.91. The summed E-state index contributed by atoms with van der Waals surface area (Å²) in [4.78, 5) is 13.2. The molecule has 1 heterocycles. The van der Waals surface area contributed by atoms with E-state index in [0.29, 0.717) is 19.8 Å². The first-order valence-corrected chi connectivity index (χ1v) is 12.1. The summed E-state index contributed by atoms with van der Waals surface area (Å²) in [6.07, 6.45) is 0. The zero-order chi connectivity index (χ0) is 22.4. The molecule has 0 unspecified atom stereocenters. The van der Waals surface area contributed by atoms with E-state index in [2.05, 4.69) is 5.32 Å². The van der Waals surface area contributed by atoms with Crippen molar-refractivity contribution in [3.05, 3.63) is 102 Å². The highest BCUT2D eigenvalue weighted by Gasteiger charge is 2.30. The normalized spacial score (nSPS) is 14.9. The first kappa shape index (κ1) is 22.2. The second kappa shape index (κ2) is 10.1. The Balaban J connectivity index is 1.58. The number of nitrogens with zero attached hydrogens (tertiary/aromatic N) is 1. The van der Waals surface area contributed by atoms with Crippen molar-refractivity contribution >= 4 is 15.9 Å². The predicted octanol–water partition coefficient (Wildman–Crippen LogP) is 3.27. The number of sulfonamides is 1. The van der Waals surface area contributed by atoms with Crippen molar-refractivity contribution in [2.45, 2.75) is 10.8 Å². The van der Waals surface area contributed by atoms with Crippen LogP contribution in [-0.4, -0.2) is 51.5 Å². The van der Waals surface area contributed by atoms with Gasteiger partial charge in [-0.15, -0.1) is 0 Å². The quantitative estimate of drug-likeness (QED) is 0.600. The molecular weight excluding hydrogens is 424 g/mol. The topological polar surface area (TPSA) is 75.7 Å². The zero-order valence-electron chi connectivity index (χ0n) is 17.7. The third-order valence-corrected chi connectivity index (χ3v) is 7.55. The molecule has 4 rings (SSSR count). The van der Waals surface area contributed by atoms with Crippen LogP contribution in [0.15, 0.2) is 89.8 Å². The molecule has 1 aliphatic rings. The molecular formula is C25H26N2O4S. The second-order valence-electron chi connectivity index (χ2n) is 7.60. The van der Waals surface area contributed by atoms with Gasteiger partial charge in [0, 0.05) is 25.6 Å². The van der Waals surface area contributed by atoms with E-state index < -0.39 is 15.9 Å². The van der Waals surface area contributed by atoms with Gasteiger partial charge in [0.1, 0.15) is 0 Å². The molecule has 3 aromatic rings. The molecule has 7 heteroatoms. The molecule has 1 N–H and O–H groups in total. The van der Waals surface area contributed by atoms with Crippen LogP contribution in [-0.2, 0) is 14.8 Å². The van der Waals surface area contributed by atoms with Crippen LogP contribution in [0.25, 0.3) is 0 Å². The molecule has 166 valence electrons. The zero-order valence-corrected chi connectivity index (χ0v) is 18.5. The van der Waals surface area contributed by atoms with E-state index in [0.717, 1.165) is 11.1 Å². The molecule has 1 saturated heterocycles. The van der Waals surface area contributed by atoms with Gasteiger partial charge in [0.05, 0.1) is 23.7 Å². The largest absolute Gasteiger partial charge is 0.379 e. The number of carbonyl (C=O) groups excluding carboxylic acids is 1. The molecule has 0 aromatic heterocycles. The van der Waals surface area contributed by atoms with Gasteiger partial charge < -0.3 is 10.1 Å². The molecule has 1 fully saturated rings. The molecule has 32 heavy (non-hydrogen) atoms. The Morgan fingerprint density at radius 1 is 0.844 bits per heavy atom. The molecule has 0 bridgehead atoms. The highest BCUT2D eigenvalue weighted by atomic mass is 32.2. The first-order valence-electron chi connectivity index (χ1n) is 10.6. The summed E-state index contributed by atoms with van der Waals surface area (Å²) in [7, 11) is -3.79. The summed E-state index contributed by atoms with van der Waals surface area (Å²) in [5.41, 5.74) is 2.31. The van der Waals surface area contributed by atoms with Crippen molar-refractivity contribution in [2.75, 3.05) is 32.8 Å². The number of hydrogen-bond donors (Lipinski definition) is 1. The molecule has 1 amide bonds. The van der Waals surface area contributed by atoms with Crippen molar-refractivity contribution in [3.8, 4) is 0 Å². The lowest BCUT2D eigenvalue weighted by molar-refractivity contribution is 0.0730. The van der Waals surface area contributed by atoms with Crippen LogP contribution in [0.3, 0.4) is 0 Å². The Kier molecular flexibility index (Phi) is 6.99. The van der Waals surface area contributed by atoms with E-state index in [9.17, 15) is 13.2 Å². The average molecular weight is 451 g/mol. The molecule has 3 aromatic carbocycles. The van der Waals surface area contributed by atoms with Gasteiger partial charge in [-0.25, -0.2) is 8.42 Å². The average Bonchev–Trinajstić information content (AvgIpc) is 2.86. The Morgan fingerprint density at radius 2 is 1.38 bits per heavy atom. The van der Waals surface area contributed by atoms with Gasteiger partial charge in [0.25, 0.3) is 5.91 Å². The van der Waals surface area contributed by atoms with Gasteiger partial charge >= 0.3 is 0 Å². The van der Waals surface area contributed by atoms with Crippen molar-refractivity contribution in [3.63, 3.8) is 0 Å². The maximum atomic E-state index is 13.2. The molecule has 6 nitrogen and oxygen atoms in total. The van der Waals surface area contributed by atoms with Crippen LogP contribution in [0.1, 0.15) is 27.4 Å². The van der Waals surface area contributed by atoms with Crippen LogP contribution in [0.4, 0.5) is 0 Å². The minimum Gasteiger partial charge on any atom is -0.379 e. The van der Waals surface area contributed by atoms with Crippen molar-refractivity contribution in [1.82, 2.24) is 9.62 Å². The molecule has 0 aliphatic carbocycles. The SMILES string of the molecule is O=C(NCC(c1ccccc1)c1ccccc1)c1ccccc1S(=O)(=O)N1CCOCC1. The van der Waals surface area contributed by atoms with E-state index in [4.69, 9.17) is 4.74 Å². The fourth-order valence-corrected chi connectivity index (χ4v) is 5.49. The predicted molar refractivity (Wildman–Crippen MR) is 123 cm³/mol. The Morgan fingerprint density at radius 3 is 1.97 bits per heavy atom. The number of nitrogens with one attached hydrogen (secondary N) is 1. The smallest absolute Gasteiger partial charge is 0.252 e. The van der Waals surface area contributed by atoms with Crippen LogP contribution in [0, 0.1) is 0 Å². The van der Waals surface area contributed by atoms with Gasteiger partial charge in [-0.1, -0.05) is 72.8 Å². The van der Waals surface area contributed by atoms with E-state index in [1.54, 1.807) is 18.2 Å². The summed E-state index contributed by atoms with van der Waals surface area (Å²) in [5, 5.41) is 2.96. The second-order valence-corrected chi connectivity index (χ2v) is 9.50. The number of rotatable bonds is 7. The van der Waals surface area contributed by atoms with Crippen LogP contribution in [0.2, 0.25) is 0 Å². The van der Waals surface area contributed by atoms with E-state index >= 15 is 0 Å². The van der Waals surface area contributed by atoms with Crippen molar-refractivity contribution < 1.29 is 17.9 Å². The molecule has 0 saturated carbocycles. The molecule has 0 spiro atoms. The maximum absolute atomic E-state index is 13.2. The highest BCUT2D eigenvalue weighted by molar-refractivity contribution is 7.89. The third-order valence-electron chi connectivity index (χ3n) is 5.59. The maximum Gasteiger partial charge on any atom is 0.252 e. The summed E-state index contributed by atoms with van der Waals surface area (Å²) in [6.45, 7) is 1.61. The van der Waals surface area contributed by atoms with Crippen molar-refractivity contribution in [2.24, 2.45) is 0 Å². The van der Waals surface area contributed by atoms with E-state index in [1.807, 2.05) is 60.7 Å². The molecule has 1 aliphatic heterocycles. The Bertz CT molecular complexity index is 1110. The number of ether oxygens (including phenoxy) is 1. The number of hydrogen-bond acceptors (Lipinski definition) is 4. The highest BCUT2D eigenvalue weighted by Crippen LogP contribution is 2.25. The molecule has 0 radical (unpaired) electrons. The van der Waals surface area contributed by atoms with Crippen LogP contribution in [0.5, 0.6) is 0 Å². The third kappa shape index (κ3) is 4.91. The molecule has 0 atom stereocenters. The van der Waals surface area contributed by atoms with E-state index in [1.165, 1.54) is 10.4 Å². The summed E-state index contributed by atoms with van der Waals surface area (Å²) >= 11 is 0. The monoisotopic (exact) mass is 450 g/mol. The van der Waals surface area contributed by atoms with Gasteiger partial charge in [0.15, 0.2) is 0 Å². The fourth-order valence-electron chi connectivity index (χ4n) is 3.89. The van der Waals surface area contributed by atoms with Gasteiger partial charge in [-0.3, -0.25) is 4.79 Å². The lowest BCUT2D eigenvalue weighted by Gasteiger charge is -2.27. The van der Waals surface area contributed by atoms with Gasteiger partial charge in [0.2, 0.25) is 10.0 Å². The Labute approximate surface area is 188 Å². The van der Waals surface area contributed by atoms with Crippen LogP contribution < -0.4 is 5.32 Å². The number of amides is 1. The minimum absolute atomic E-state index is 0.0235. The standard InChI is InChI=1S/C25H26N2O4S/c28-25(22-13-7-8-14-24(22)32(29,30)27-15-17-31-18-16-27)26-19-23(20-9-3-1-4-10-20)21-11-5-2-6-12-21/h1-14,23H,15-19H2,(H,26,28). The number of benzene rings is 3. The van der Waals surface area contributed by atoms with Gasteiger partial charge in [-0.05, 0) is 23.3 Å². The van der Waals surface area contributed by atoms with Crippen molar-refractivity contribution in [1.29, 1.82) is 0 Å². The summed E-state index contributed by atoms with van der Waals surface area (Å²) in [5.74, 6) is -0.460.